The molecule has 2 aliphatic rings. The van der Waals surface area contributed by atoms with Gasteiger partial charge in [-0.25, -0.2) is 4.98 Å². The van der Waals surface area contributed by atoms with Crippen molar-refractivity contribution in [1.29, 1.82) is 0 Å². The van der Waals surface area contributed by atoms with Gasteiger partial charge in [-0.15, -0.1) is 0 Å². The third-order valence-corrected chi connectivity index (χ3v) is 6.07. The van der Waals surface area contributed by atoms with E-state index < -0.39 is 0 Å². The number of nitrogens with one attached hydrogen (secondary N) is 1. The lowest BCUT2D eigenvalue weighted by molar-refractivity contribution is 0.0663. The molecule has 0 saturated heterocycles. The van der Waals surface area contributed by atoms with Gasteiger partial charge in [0.1, 0.15) is 0 Å². The van der Waals surface area contributed by atoms with Crippen LogP contribution in [0.4, 0.5) is 0 Å². The highest BCUT2D eigenvalue weighted by Gasteiger charge is 2.25. The molecular formula is C23H27ClN2O3. The number of halogens is 1. The third kappa shape index (κ3) is 5.28. The summed E-state index contributed by atoms with van der Waals surface area (Å²) in [5, 5.41) is 13.7. The lowest BCUT2D eigenvalue weighted by atomic mass is 9.86. The van der Waals surface area contributed by atoms with Crippen LogP contribution in [-0.4, -0.2) is 35.3 Å². The second-order valence-electron chi connectivity index (χ2n) is 8.16. The highest BCUT2D eigenvalue weighted by Crippen LogP contribution is 2.33. The van der Waals surface area contributed by atoms with Crippen molar-refractivity contribution in [3.63, 3.8) is 0 Å². The van der Waals surface area contributed by atoms with E-state index in [9.17, 15) is 9.90 Å². The number of amides is 1. The van der Waals surface area contributed by atoms with Crippen molar-refractivity contribution in [3.8, 4) is 17.0 Å². The fraction of sp³-hybridized carbons (Fsp3) is 0.478. The average molecular weight is 415 g/mol. The molecule has 1 amide bonds. The van der Waals surface area contributed by atoms with Gasteiger partial charge in [0.15, 0.2) is 0 Å². The van der Waals surface area contributed by atoms with E-state index in [1.54, 1.807) is 6.20 Å². The fourth-order valence-electron chi connectivity index (χ4n) is 3.76. The Kier molecular flexibility index (Phi) is 6.36. The maximum absolute atomic E-state index is 12.7. The highest BCUT2D eigenvalue weighted by molar-refractivity contribution is 6.30. The quantitative estimate of drug-likeness (QED) is 0.701. The summed E-state index contributed by atoms with van der Waals surface area (Å²) in [7, 11) is 0. The Morgan fingerprint density at radius 1 is 1.17 bits per heavy atom. The predicted octanol–water partition coefficient (Wildman–Crippen LogP) is 4.47. The van der Waals surface area contributed by atoms with Crippen molar-refractivity contribution in [2.45, 2.75) is 44.6 Å². The van der Waals surface area contributed by atoms with E-state index in [0.29, 0.717) is 35.5 Å². The summed E-state index contributed by atoms with van der Waals surface area (Å²) in [5.41, 5.74) is 2.18. The van der Waals surface area contributed by atoms with E-state index in [0.717, 1.165) is 36.8 Å². The van der Waals surface area contributed by atoms with E-state index >= 15 is 0 Å². The SMILES string of the molecule is O=C(NC[C@H]1CCCC[C@H]1O)c1cnc(OCC2CC2)c(-c2ccc(Cl)cc2)c1. The first-order valence-electron chi connectivity index (χ1n) is 10.4. The number of ether oxygens (including phenoxy) is 1. The highest BCUT2D eigenvalue weighted by atomic mass is 35.5. The molecule has 1 aromatic heterocycles. The Labute approximate surface area is 176 Å². The molecule has 6 heteroatoms. The number of carbonyl (C=O) groups is 1. The lowest BCUT2D eigenvalue weighted by Crippen LogP contribution is -2.36. The van der Waals surface area contributed by atoms with Crippen LogP contribution in [0.15, 0.2) is 36.5 Å². The van der Waals surface area contributed by atoms with Crippen molar-refractivity contribution in [1.82, 2.24) is 10.3 Å². The summed E-state index contributed by atoms with van der Waals surface area (Å²) < 4.78 is 5.94. The molecule has 154 valence electrons. The molecule has 4 rings (SSSR count). The van der Waals surface area contributed by atoms with E-state index in [2.05, 4.69) is 10.3 Å². The molecule has 0 aliphatic heterocycles. The molecule has 0 spiro atoms. The maximum Gasteiger partial charge on any atom is 0.252 e. The summed E-state index contributed by atoms with van der Waals surface area (Å²) in [4.78, 5) is 17.2. The molecule has 2 atom stereocenters. The minimum Gasteiger partial charge on any atom is -0.477 e. The summed E-state index contributed by atoms with van der Waals surface area (Å²) in [6.45, 7) is 1.13. The zero-order chi connectivity index (χ0) is 20.2. The molecular weight excluding hydrogens is 388 g/mol. The van der Waals surface area contributed by atoms with Crippen molar-refractivity contribution in [3.05, 3.63) is 47.1 Å². The molecule has 0 unspecified atom stereocenters. The number of hydrogen-bond donors (Lipinski definition) is 2. The van der Waals surface area contributed by atoms with Gasteiger partial charge in [0.2, 0.25) is 5.88 Å². The number of pyridine rings is 1. The monoisotopic (exact) mass is 414 g/mol. The number of rotatable bonds is 7. The maximum atomic E-state index is 12.7. The van der Waals surface area contributed by atoms with E-state index in [1.165, 1.54) is 12.8 Å². The largest absolute Gasteiger partial charge is 0.477 e. The molecule has 1 aromatic carbocycles. The van der Waals surface area contributed by atoms with Crippen LogP contribution in [-0.2, 0) is 0 Å². The standard InChI is InChI=1S/C23H27ClN2O3/c24-19-9-7-16(8-10-19)20-11-18(13-26-23(20)29-14-15-5-6-15)22(28)25-12-17-3-1-2-4-21(17)27/h7-11,13,15,17,21,27H,1-6,12,14H2,(H,25,28)/t17-,21-/m1/s1. The van der Waals surface area contributed by atoms with Crippen molar-refractivity contribution < 1.29 is 14.6 Å². The Morgan fingerprint density at radius 2 is 1.93 bits per heavy atom. The second kappa shape index (κ2) is 9.14. The first kappa shape index (κ1) is 20.2. The van der Waals surface area contributed by atoms with Gasteiger partial charge in [-0.2, -0.15) is 0 Å². The van der Waals surface area contributed by atoms with Crippen LogP contribution in [0.3, 0.4) is 0 Å². The van der Waals surface area contributed by atoms with Gasteiger partial charge in [-0.1, -0.05) is 36.6 Å². The Morgan fingerprint density at radius 3 is 2.66 bits per heavy atom. The van der Waals surface area contributed by atoms with Gasteiger partial charge in [-0.05, 0) is 55.4 Å². The van der Waals surface area contributed by atoms with Crippen LogP contribution in [0.1, 0.15) is 48.9 Å². The smallest absolute Gasteiger partial charge is 0.252 e. The Bertz CT molecular complexity index is 852. The van der Waals surface area contributed by atoms with Crippen LogP contribution in [0, 0.1) is 11.8 Å². The number of benzene rings is 1. The zero-order valence-corrected chi connectivity index (χ0v) is 17.2. The molecule has 0 radical (unpaired) electrons. The number of carbonyl (C=O) groups excluding carboxylic acids is 1. The van der Waals surface area contributed by atoms with Gasteiger partial charge < -0.3 is 15.2 Å². The first-order chi connectivity index (χ1) is 14.1. The molecule has 29 heavy (non-hydrogen) atoms. The summed E-state index contributed by atoms with van der Waals surface area (Å²) in [6.07, 6.45) is 7.56. The number of aromatic nitrogens is 1. The van der Waals surface area contributed by atoms with Gasteiger partial charge in [-0.3, -0.25) is 4.79 Å². The predicted molar refractivity (Wildman–Crippen MR) is 113 cm³/mol. The zero-order valence-electron chi connectivity index (χ0n) is 16.4. The van der Waals surface area contributed by atoms with Gasteiger partial charge in [0.25, 0.3) is 5.91 Å². The Balaban J connectivity index is 1.51. The number of nitrogens with zero attached hydrogens (tertiary/aromatic N) is 1. The second-order valence-corrected chi connectivity index (χ2v) is 8.60. The molecule has 2 fully saturated rings. The minimum atomic E-state index is -0.329. The topological polar surface area (TPSA) is 71.5 Å². The van der Waals surface area contributed by atoms with Crippen LogP contribution in [0.5, 0.6) is 5.88 Å². The van der Waals surface area contributed by atoms with Gasteiger partial charge >= 0.3 is 0 Å². The average Bonchev–Trinajstić information content (AvgIpc) is 3.56. The minimum absolute atomic E-state index is 0.123. The lowest BCUT2D eigenvalue weighted by Gasteiger charge is -2.27. The molecule has 2 N–H and O–H groups in total. The van der Waals surface area contributed by atoms with E-state index in [4.69, 9.17) is 16.3 Å². The normalized spacial score (nSPS) is 21.6. The van der Waals surface area contributed by atoms with Crippen molar-refractivity contribution in [2.24, 2.45) is 11.8 Å². The van der Waals surface area contributed by atoms with Crippen LogP contribution in [0.25, 0.3) is 11.1 Å². The van der Waals surface area contributed by atoms with Gasteiger partial charge in [0.05, 0.1) is 18.3 Å². The molecule has 2 aliphatic carbocycles. The van der Waals surface area contributed by atoms with Gasteiger partial charge in [0, 0.05) is 29.2 Å². The van der Waals surface area contributed by atoms with Crippen LogP contribution in [0.2, 0.25) is 5.02 Å². The van der Waals surface area contributed by atoms with Crippen LogP contribution >= 0.6 is 11.6 Å². The van der Waals surface area contributed by atoms with E-state index in [-0.39, 0.29) is 17.9 Å². The fourth-order valence-corrected chi connectivity index (χ4v) is 3.89. The Hall–Kier alpha value is -2.11. The van der Waals surface area contributed by atoms with E-state index in [1.807, 2.05) is 30.3 Å². The molecule has 2 saturated carbocycles. The molecule has 5 nitrogen and oxygen atoms in total. The van der Waals surface area contributed by atoms with Crippen molar-refractivity contribution in [2.75, 3.05) is 13.2 Å². The molecule has 1 heterocycles. The molecule has 0 bridgehead atoms. The van der Waals surface area contributed by atoms with Crippen LogP contribution < -0.4 is 10.1 Å². The first-order valence-corrected chi connectivity index (χ1v) is 10.8. The number of aliphatic hydroxyl groups excluding tert-OH is 1. The molecule has 2 aromatic rings. The third-order valence-electron chi connectivity index (χ3n) is 5.81. The summed E-state index contributed by atoms with van der Waals surface area (Å²) >= 11 is 6.03. The summed E-state index contributed by atoms with van der Waals surface area (Å²) in [5.74, 6) is 1.09. The summed E-state index contributed by atoms with van der Waals surface area (Å²) in [6, 6.07) is 9.27. The number of hydrogen-bond acceptors (Lipinski definition) is 4. The van der Waals surface area contributed by atoms with Crippen molar-refractivity contribution >= 4 is 17.5 Å². The number of aliphatic hydroxyl groups is 1.